The van der Waals surface area contributed by atoms with Crippen LogP contribution in [0.5, 0.6) is 0 Å². The van der Waals surface area contributed by atoms with Crippen molar-refractivity contribution >= 4 is 24.3 Å². The Labute approximate surface area is 170 Å². The Morgan fingerprint density at radius 1 is 1.18 bits per heavy atom. The number of carbonyl (C=O) groups excluding carboxylic acids is 2. The maximum atomic E-state index is 12.4. The summed E-state index contributed by atoms with van der Waals surface area (Å²) in [5.74, 6) is -0.636. The molecule has 0 saturated carbocycles. The van der Waals surface area contributed by atoms with Crippen molar-refractivity contribution in [2.24, 2.45) is 0 Å². The Morgan fingerprint density at radius 2 is 1.89 bits per heavy atom. The minimum atomic E-state index is -0.896. The third kappa shape index (κ3) is 5.10. The molecule has 1 saturated heterocycles. The van der Waals surface area contributed by atoms with Gasteiger partial charge in [0.2, 0.25) is 0 Å². The summed E-state index contributed by atoms with van der Waals surface area (Å²) >= 11 is 0. The van der Waals surface area contributed by atoms with Crippen molar-refractivity contribution in [1.29, 1.82) is 0 Å². The van der Waals surface area contributed by atoms with E-state index < -0.39 is 11.6 Å². The highest BCUT2D eigenvalue weighted by Gasteiger charge is 2.29. The SMILES string of the molecule is COC(=O)c1ccccc1-c1ccc(C(=O)NCC2(O)CCCNC2)cc1.Cl. The van der Waals surface area contributed by atoms with Crippen molar-refractivity contribution in [3.63, 3.8) is 0 Å². The summed E-state index contributed by atoms with van der Waals surface area (Å²) in [5.41, 5.74) is 1.65. The quantitative estimate of drug-likeness (QED) is 0.666. The van der Waals surface area contributed by atoms with Crippen LogP contribution in [0, 0.1) is 0 Å². The number of aliphatic hydroxyl groups is 1. The number of benzene rings is 2. The zero-order valence-electron chi connectivity index (χ0n) is 15.7. The lowest BCUT2D eigenvalue weighted by Gasteiger charge is -2.32. The molecule has 2 aromatic rings. The molecular formula is C21H25ClN2O4. The first-order valence-corrected chi connectivity index (χ1v) is 9.01. The zero-order valence-corrected chi connectivity index (χ0v) is 16.6. The average molecular weight is 405 g/mol. The van der Waals surface area contributed by atoms with Gasteiger partial charge in [-0.2, -0.15) is 0 Å². The van der Waals surface area contributed by atoms with Gasteiger partial charge in [0, 0.05) is 18.7 Å². The number of ether oxygens (including phenoxy) is 1. The molecule has 1 atom stereocenters. The molecule has 1 unspecified atom stereocenters. The molecule has 1 fully saturated rings. The second-order valence-corrected chi connectivity index (χ2v) is 6.80. The van der Waals surface area contributed by atoms with Gasteiger partial charge in [-0.15, -0.1) is 12.4 Å². The topological polar surface area (TPSA) is 87.7 Å². The highest BCUT2D eigenvalue weighted by atomic mass is 35.5. The minimum Gasteiger partial charge on any atom is -0.465 e. The molecule has 1 heterocycles. The van der Waals surface area contributed by atoms with Gasteiger partial charge in [-0.1, -0.05) is 30.3 Å². The van der Waals surface area contributed by atoms with E-state index in [1.54, 1.807) is 36.4 Å². The van der Waals surface area contributed by atoms with Crippen LogP contribution in [0.4, 0.5) is 0 Å². The highest BCUT2D eigenvalue weighted by Crippen LogP contribution is 2.24. The number of nitrogens with one attached hydrogen (secondary N) is 2. The van der Waals surface area contributed by atoms with E-state index in [0.29, 0.717) is 24.1 Å². The lowest BCUT2D eigenvalue weighted by Crippen LogP contribution is -2.52. The summed E-state index contributed by atoms with van der Waals surface area (Å²) in [6.07, 6.45) is 1.56. The maximum Gasteiger partial charge on any atom is 0.338 e. The predicted molar refractivity (Wildman–Crippen MR) is 110 cm³/mol. The van der Waals surface area contributed by atoms with Crippen molar-refractivity contribution in [2.45, 2.75) is 18.4 Å². The number of piperidine rings is 1. The molecule has 0 radical (unpaired) electrons. The first kappa shape index (κ1) is 21.9. The first-order chi connectivity index (χ1) is 13.0. The first-order valence-electron chi connectivity index (χ1n) is 9.01. The summed E-state index contributed by atoms with van der Waals surface area (Å²) in [7, 11) is 1.35. The Balaban J connectivity index is 0.00000280. The molecular weight excluding hydrogens is 380 g/mol. The third-order valence-corrected chi connectivity index (χ3v) is 4.82. The molecule has 1 aliphatic rings. The van der Waals surface area contributed by atoms with E-state index in [1.807, 2.05) is 12.1 Å². The van der Waals surface area contributed by atoms with E-state index >= 15 is 0 Å². The summed E-state index contributed by atoms with van der Waals surface area (Å²) < 4.78 is 4.83. The molecule has 1 aliphatic heterocycles. The van der Waals surface area contributed by atoms with Gasteiger partial charge in [0.1, 0.15) is 0 Å². The van der Waals surface area contributed by atoms with E-state index in [0.717, 1.165) is 24.1 Å². The number of rotatable bonds is 5. The second kappa shape index (κ2) is 9.68. The number of amides is 1. The van der Waals surface area contributed by atoms with Crippen LogP contribution in [-0.4, -0.2) is 49.3 Å². The molecule has 7 heteroatoms. The van der Waals surface area contributed by atoms with Gasteiger partial charge >= 0.3 is 5.97 Å². The van der Waals surface area contributed by atoms with Crippen LogP contribution < -0.4 is 10.6 Å². The standard InChI is InChI=1S/C21H24N2O4.ClH/c1-27-20(25)18-6-3-2-5-17(18)15-7-9-16(10-8-15)19(24)23-14-21(26)11-4-12-22-13-21;/h2-3,5-10,22,26H,4,11-14H2,1H3,(H,23,24);1H. The summed E-state index contributed by atoms with van der Waals surface area (Å²) in [6.45, 7) is 1.59. The largest absolute Gasteiger partial charge is 0.465 e. The zero-order chi connectivity index (χ0) is 19.3. The van der Waals surface area contributed by atoms with E-state index in [2.05, 4.69) is 10.6 Å². The highest BCUT2D eigenvalue weighted by molar-refractivity contribution is 5.98. The van der Waals surface area contributed by atoms with Crippen molar-refractivity contribution in [3.8, 4) is 11.1 Å². The van der Waals surface area contributed by atoms with Crippen molar-refractivity contribution in [1.82, 2.24) is 10.6 Å². The second-order valence-electron chi connectivity index (χ2n) is 6.80. The van der Waals surface area contributed by atoms with Gasteiger partial charge in [-0.3, -0.25) is 4.79 Å². The van der Waals surface area contributed by atoms with Crippen LogP contribution in [0.2, 0.25) is 0 Å². The lowest BCUT2D eigenvalue weighted by molar-refractivity contribution is 0.0170. The Morgan fingerprint density at radius 3 is 2.54 bits per heavy atom. The molecule has 3 rings (SSSR count). The van der Waals surface area contributed by atoms with Crippen LogP contribution in [0.3, 0.4) is 0 Å². The van der Waals surface area contributed by atoms with Gasteiger partial charge < -0.3 is 20.5 Å². The van der Waals surface area contributed by atoms with Crippen LogP contribution >= 0.6 is 12.4 Å². The lowest BCUT2D eigenvalue weighted by atomic mass is 9.94. The summed E-state index contributed by atoms with van der Waals surface area (Å²) in [5, 5.41) is 16.4. The van der Waals surface area contributed by atoms with Crippen LogP contribution in [0.1, 0.15) is 33.6 Å². The normalized spacial score (nSPS) is 18.6. The Bertz CT molecular complexity index is 817. The molecule has 0 spiro atoms. The van der Waals surface area contributed by atoms with E-state index in [1.165, 1.54) is 7.11 Å². The molecule has 0 aromatic heterocycles. The number of esters is 1. The predicted octanol–water partition coefficient (Wildman–Crippen LogP) is 2.41. The summed E-state index contributed by atoms with van der Waals surface area (Å²) in [6, 6.07) is 14.2. The van der Waals surface area contributed by atoms with Gasteiger partial charge in [0.25, 0.3) is 5.91 Å². The molecule has 3 N–H and O–H groups in total. The van der Waals surface area contributed by atoms with Gasteiger partial charge in [-0.25, -0.2) is 4.79 Å². The van der Waals surface area contributed by atoms with Crippen molar-refractivity contribution < 1.29 is 19.4 Å². The average Bonchev–Trinajstić information content (AvgIpc) is 2.72. The molecule has 2 aromatic carbocycles. The van der Waals surface area contributed by atoms with Crippen LogP contribution in [-0.2, 0) is 4.74 Å². The molecule has 0 aliphatic carbocycles. The number of β-amino-alcohol motifs (C(OH)–C–C–N with tert-alkyl or cyclic N) is 1. The van der Waals surface area contributed by atoms with Crippen LogP contribution in [0.25, 0.3) is 11.1 Å². The molecule has 150 valence electrons. The smallest absolute Gasteiger partial charge is 0.338 e. The Kier molecular flexibility index (Phi) is 7.57. The van der Waals surface area contributed by atoms with Gasteiger partial charge in [0.05, 0.1) is 18.3 Å². The number of methoxy groups -OCH3 is 1. The maximum absolute atomic E-state index is 12.4. The number of hydrogen-bond acceptors (Lipinski definition) is 5. The Hall–Kier alpha value is -2.41. The number of hydrogen-bond donors (Lipinski definition) is 3. The minimum absolute atomic E-state index is 0. The van der Waals surface area contributed by atoms with Crippen LogP contribution in [0.15, 0.2) is 48.5 Å². The third-order valence-electron chi connectivity index (χ3n) is 4.82. The number of carbonyl (C=O) groups is 2. The van der Waals surface area contributed by atoms with E-state index in [9.17, 15) is 14.7 Å². The molecule has 0 bridgehead atoms. The molecule has 6 nitrogen and oxygen atoms in total. The van der Waals surface area contributed by atoms with Gasteiger partial charge in [0.15, 0.2) is 0 Å². The van der Waals surface area contributed by atoms with Gasteiger partial charge in [-0.05, 0) is 48.7 Å². The van der Waals surface area contributed by atoms with Crippen molar-refractivity contribution in [2.75, 3.05) is 26.7 Å². The monoisotopic (exact) mass is 404 g/mol. The fourth-order valence-corrected chi connectivity index (χ4v) is 3.27. The van der Waals surface area contributed by atoms with Crippen molar-refractivity contribution in [3.05, 3.63) is 59.7 Å². The fourth-order valence-electron chi connectivity index (χ4n) is 3.27. The number of halogens is 1. The molecule has 1 amide bonds. The van der Waals surface area contributed by atoms with E-state index in [4.69, 9.17) is 4.74 Å². The fraction of sp³-hybridized carbons (Fsp3) is 0.333. The van der Waals surface area contributed by atoms with E-state index in [-0.39, 0.29) is 24.9 Å². The summed E-state index contributed by atoms with van der Waals surface area (Å²) in [4.78, 5) is 24.3. The molecule has 28 heavy (non-hydrogen) atoms.